The standard InChI is InChI=1S/C20H41ClO5/c1-5-19(22)8-6-16(2)13-24-10-11-26-18(4)15-25-14-17(3)7-9-20(23)12-21/h16-20,22-23H,5-15H2,1-4H3. The minimum atomic E-state index is -0.416. The molecule has 0 saturated heterocycles. The summed E-state index contributed by atoms with van der Waals surface area (Å²) in [5, 5.41) is 19.0. The Labute approximate surface area is 165 Å². The van der Waals surface area contributed by atoms with Crippen molar-refractivity contribution in [2.45, 2.75) is 78.1 Å². The molecule has 2 N–H and O–H groups in total. The van der Waals surface area contributed by atoms with Crippen LogP contribution in [0.5, 0.6) is 0 Å². The molecule has 0 aliphatic rings. The molecule has 5 nitrogen and oxygen atoms in total. The van der Waals surface area contributed by atoms with E-state index in [4.69, 9.17) is 25.8 Å². The molecule has 0 amide bonds. The summed E-state index contributed by atoms with van der Waals surface area (Å²) in [5.74, 6) is 1.15. The van der Waals surface area contributed by atoms with Gasteiger partial charge in [-0.25, -0.2) is 0 Å². The zero-order valence-electron chi connectivity index (χ0n) is 17.2. The van der Waals surface area contributed by atoms with Gasteiger partial charge in [0.1, 0.15) is 0 Å². The SMILES string of the molecule is CCC(O)CCC(C)COCCOC(C)COCC(C)CCC(O)CCl. The first-order chi connectivity index (χ1) is 12.4. The predicted molar refractivity (Wildman–Crippen MR) is 107 cm³/mol. The van der Waals surface area contributed by atoms with Crippen molar-refractivity contribution in [1.82, 2.24) is 0 Å². The molecular weight excluding hydrogens is 356 g/mol. The summed E-state index contributed by atoms with van der Waals surface area (Å²) in [6, 6.07) is 0. The molecule has 5 atom stereocenters. The molecule has 0 rings (SSSR count). The van der Waals surface area contributed by atoms with Crippen molar-refractivity contribution in [1.29, 1.82) is 0 Å². The van der Waals surface area contributed by atoms with E-state index in [1.165, 1.54) is 0 Å². The Morgan fingerprint density at radius 1 is 0.769 bits per heavy atom. The molecule has 0 bridgehead atoms. The highest BCUT2D eigenvalue weighted by molar-refractivity contribution is 6.18. The van der Waals surface area contributed by atoms with Gasteiger partial charge in [-0.15, -0.1) is 11.6 Å². The summed E-state index contributed by atoms with van der Waals surface area (Å²) < 4.78 is 17.0. The van der Waals surface area contributed by atoms with Crippen LogP contribution >= 0.6 is 11.6 Å². The minimum Gasteiger partial charge on any atom is -0.393 e. The second-order valence-corrected chi connectivity index (χ2v) is 7.84. The van der Waals surface area contributed by atoms with Gasteiger partial charge in [0.25, 0.3) is 0 Å². The van der Waals surface area contributed by atoms with E-state index in [1.54, 1.807) is 0 Å². The lowest BCUT2D eigenvalue weighted by atomic mass is 10.0. The summed E-state index contributed by atoms with van der Waals surface area (Å²) in [4.78, 5) is 0. The zero-order chi connectivity index (χ0) is 19.8. The molecule has 0 aromatic carbocycles. The Morgan fingerprint density at radius 3 is 1.92 bits per heavy atom. The van der Waals surface area contributed by atoms with Crippen molar-refractivity contribution >= 4 is 11.6 Å². The first-order valence-electron chi connectivity index (χ1n) is 10.1. The van der Waals surface area contributed by atoms with Crippen molar-refractivity contribution in [3.63, 3.8) is 0 Å². The minimum absolute atomic E-state index is 0.0383. The Bertz CT molecular complexity index is 306. The fraction of sp³-hybridized carbons (Fsp3) is 1.00. The fourth-order valence-corrected chi connectivity index (χ4v) is 2.63. The average molecular weight is 397 g/mol. The molecule has 0 spiro atoms. The van der Waals surface area contributed by atoms with Crippen LogP contribution in [0.4, 0.5) is 0 Å². The first-order valence-corrected chi connectivity index (χ1v) is 10.6. The molecule has 0 heterocycles. The Hall–Kier alpha value is 0.0900. The van der Waals surface area contributed by atoms with Gasteiger partial charge in [-0.3, -0.25) is 0 Å². The fourth-order valence-electron chi connectivity index (χ4n) is 2.48. The zero-order valence-corrected chi connectivity index (χ0v) is 17.9. The molecular formula is C20H41ClO5. The largest absolute Gasteiger partial charge is 0.393 e. The van der Waals surface area contributed by atoms with Gasteiger partial charge in [-0.1, -0.05) is 20.8 Å². The van der Waals surface area contributed by atoms with Crippen LogP contribution in [0.2, 0.25) is 0 Å². The lowest BCUT2D eigenvalue weighted by molar-refractivity contribution is -0.0387. The van der Waals surface area contributed by atoms with E-state index in [1.807, 2.05) is 13.8 Å². The topological polar surface area (TPSA) is 68.2 Å². The maximum absolute atomic E-state index is 9.56. The molecule has 5 unspecified atom stereocenters. The molecule has 0 fully saturated rings. The molecule has 26 heavy (non-hydrogen) atoms. The lowest BCUT2D eigenvalue weighted by Crippen LogP contribution is -2.21. The molecule has 6 heteroatoms. The van der Waals surface area contributed by atoms with Gasteiger partial charge in [0.15, 0.2) is 0 Å². The van der Waals surface area contributed by atoms with Gasteiger partial charge >= 0.3 is 0 Å². The van der Waals surface area contributed by atoms with Crippen LogP contribution < -0.4 is 0 Å². The number of hydrogen-bond donors (Lipinski definition) is 2. The van der Waals surface area contributed by atoms with Crippen molar-refractivity contribution < 1.29 is 24.4 Å². The molecule has 0 aliphatic heterocycles. The number of hydrogen-bond acceptors (Lipinski definition) is 5. The predicted octanol–water partition coefficient (Wildman–Crippen LogP) is 3.63. The molecule has 0 aliphatic carbocycles. The summed E-state index contributed by atoms with van der Waals surface area (Å²) in [6.45, 7) is 11.3. The summed E-state index contributed by atoms with van der Waals surface area (Å²) in [7, 11) is 0. The van der Waals surface area contributed by atoms with Gasteiger partial charge in [0, 0.05) is 19.1 Å². The van der Waals surface area contributed by atoms with Crippen molar-refractivity contribution in [3.8, 4) is 0 Å². The van der Waals surface area contributed by atoms with Crippen molar-refractivity contribution in [2.24, 2.45) is 11.8 Å². The highest BCUT2D eigenvalue weighted by Crippen LogP contribution is 2.11. The second kappa shape index (κ2) is 17.2. The van der Waals surface area contributed by atoms with Gasteiger partial charge in [0.2, 0.25) is 0 Å². The quantitative estimate of drug-likeness (QED) is 0.273. The summed E-state index contributed by atoms with van der Waals surface area (Å²) in [6.07, 6.45) is 3.70. The molecule has 0 aromatic heterocycles. The van der Waals surface area contributed by atoms with Crippen molar-refractivity contribution in [3.05, 3.63) is 0 Å². The second-order valence-electron chi connectivity index (χ2n) is 7.53. The highest BCUT2D eigenvalue weighted by atomic mass is 35.5. The third-order valence-corrected chi connectivity index (χ3v) is 4.78. The third kappa shape index (κ3) is 16.3. The number of rotatable bonds is 18. The van der Waals surface area contributed by atoms with Crippen LogP contribution in [-0.4, -0.2) is 67.4 Å². The third-order valence-electron chi connectivity index (χ3n) is 4.42. The van der Waals surface area contributed by atoms with E-state index in [2.05, 4.69) is 13.8 Å². The molecule has 0 aromatic rings. The number of ether oxygens (including phenoxy) is 3. The van der Waals surface area contributed by atoms with Gasteiger partial charge in [-0.2, -0.15) is 0 Å². The molecule has 0 radical (unpaired) electrons. The Kier molecular flexibility index (Phi) is 17.3. The van der Waals surface area contributed by atoms with E-state index in [-0.39, 0.29) is 12.2 Å². The van der Waals surface area contributed by atoms with E-state index in [0.717, 1.165) is 25.7 Å². The number of halogens is 1. The van der Waals surface area contributed by atoms with Crippen LogP contribution in [-0.2, 0) is 14.2 Å². The summed E-state index contributed by atoms with van der Waals surface area (Å²) in [5.41, 5.74) is 0. The number of aliphatic hydroxyl groups excluding tert-OH is 2. The van der Waals surface area contributed by atoms with Crippen LogP contribution in [0.3, 0.4) is 0 Å². The number of alkyl halides is 1. The van der Waals surface area contributed by atoms with Crippen molar-refractivity contribution in [2.75, 3.05) is 38.9 Å². The van der Waals surface area contributed by atoms with Crippen LogP contribution in [0.15, 0.2) is 0 Å². The smallest absolute Gasteiger partial charge is 0.0781 e. The van der Waals surface area contributed by atoms with Gasteiger partial charge < -0.3 is 24.4 Å². The van der Waals surface area contributed by atoms with Gasteiger partial charge in [0.05, 0.1) is 38.1 Å². The Morgan fingerprint density at radius 2 is 1.35 bits per heavy atom. The monoisotopic (exact) mass is 396 g/mol. The normalized spacial score (nSPS) is 17.7. The lowest BCUT2D eigenvalue weighted by Gasteiger charge is -2.17. The number of aliphatic hydroxyl groups is 2. The van der Waals surface area contributed by atoms with Crippen LogP contribution in [0.25, 0.3) is 0 Å². The highest BCUT2D eigenvalue weighted by Gasteiger charge is 2.10. The van der Waals surface area contributed by atoms with E-state index >= 15 is 0 Å². The summed E-state index contributed by atoms with van der Waals surface area (Å²) >= 11 is 5.59. The van der Waals surface area contributed by atoms with E-state index in [9.17, 15) is 10.2 Å². The van der Waals surface area contributed by atoms with Crippen LogP contribution in [0, 0.1) is 11.8 Å². The Balaban J connectivity index is 3.50. The van der Waals surface area contributed by atoms with E-state index in [0.29, 0.717) is 57.2 Å². The van der Waals surface area contributed by atoms with E-state index < -0.39 is 6.10 Å². The average Bonchev–Trinajstić information content (AvgIpc) is 2.63. The van der Waals surface area contributed by atoms with Gasteiger partial charge in [-0.05, 0) is 50.9 Å². The molecule has 158 valence electrons. The maximum Gasteiger partial charge on any atom is 0.0781 e. The maximum atomic E-state index is 9.56. The first kappa shape index (κ1) is 26.1. The van der Waals surface area contributed by atoms with Crippen LogP contribution in [0.1, 0.15) is 59.8 Å². The molecule has 0 saturated carbocycles.